The van der Waals surface area contributed by atoms with Gasteiger partial charge in [0, 0.05) is 25.2 Å². The lowest BCUT2D eigenvalue weighted by atomic mass is 9.99. The number of benzene rings is 1. The zero-order valence-corrected chi connectivity index (χ0v) is 12.3. The van der Waals surface area contributed by atoms with Gasteiger partial charge >= 0.3 is 0 Å². The Morgan fingerprint density at radius 2 is 2.33 bits per heavy atom. The van der Waals surface area contributed by atoms with Gasteiger partial charge in [-0.25, -0.2) is 4.98 Å². The minimum Gasteiger partial charge on any atom is -0.342 e. The number of piperidine rings is 1. The van der Waals surface area contributed by atoms with Gasteiger partial charge in [-0.1, -0.05) is 0 Å². The maximum atomic E-state index is 10.8. The highest BCUT2D eigenvalue weighted by Crippen LogP contribution is 2.25. The molecule has 8 heteroatoms. The fourth-order valence-corrected chi connectivity index (χ4v) is 2.70. The highest BCUT2D eigenvalue weighted by Gasteiger charge is 2.21. The van der Waals surface area contributed by atoms with Crippen molar-refractivity contribution in [3.63, 3.8) is 0 Å². The fourth-order valence-electron chi connectivity index (χ4n) is 2.70. The van der Waals surface area contributed by atoms with Crippen LogP contribution in [0, 0.1) is 16.0 Å². The van der Waals surface area contributed by atoms with Crippen molar-refractivity contribution in [3.8, 4) is 0 Å². The number of hydrogen-bond donors (Lipinski definition) is 2. The van der Waals surface area contributed by atoms with Gasteiger partial charge in [-0.15, -0.1) is 12.4 Å². The molecule has 0 amide bonds. The molecule has 1 aliphatic rings. The molecular formula is C13H18ClN5O2. The molecule has 1 aromatic carbocycles. The quantitative estimate of drug-likeness (QED) is 0.667. The standard InChI is InChI=1S/C13H17N5O2.ClH/c14-7-9-2-1-5-17(8-9)13-15-11-4-3-10(18(19)20)6-12(11)16-13;/h3-4,6,9H,1-2,5,7-8,14H2,(H,15,16);1H. The van der Waals surface area contributed by atoms with Crippen LogP contribution >= 0.6 is 12.4 Å². The number of hydrogen-bond acceptors (Lipinski definition) is 5. The fraction of sp³-hybridized carbons (Fsp3) is 0.462. The van der Waals surface area contributed by atoms with Crippen molar-refractivity contribution >= 4 is 35.1 Å². The Balaban J connectivity index is 0.00000161. The number of imidazole rings is 1. The molecule has 0 radical (unpaired) electrons. The monoisotopic (exact) mass is 311 g/mol. The molecule has 114 valence electrons. The van der Waals surface area contributed by atoms with Crippen LogP contribution in [0.15, 0.2) is 18.2 Å². The van der Waals surface area contributed by atoms with Crippen LogP contribution in [0.5, 0.6) is 0 Å². The second-order valence-corrected chi connectivity index (χ2v) is 5.21. The van der Waals surface area contributed by atoms with Gasteiger partial charge in [-0.2, -0.15) is 0 Å². The third-order valence-corrected chi connectivity index (χ3v) is 3.82. The van der Waals surface area contributed by atoms with E-state index in [9.17, 15) is 10.1 Å². The molecule has 0 aliphatic carbocycles. The van der Waals surface area contributed by atoms with Gasteiger partial charge in [-0.05, 0) is 31.4 Å². The summed E-state index contributed by atoms with van der Waals surface area (Å²) in [5, 5.41) is 10.8. The molecule has 1 unspecified atom stereocenters. The number of H-pyrrole nitrogens is 1. The first kappa shape index (κ1) is 15.5. The summed E-state index contributed by atoms with van der Waals surface area (Å²) < 4.78 is 0. The Bertz CT molecular complexity index is 645. The number of anilines is 1. The van der Waals surface area contributed by atoms with Crippen molar-refractivity contribution in [1.82, 2.24) is 9.97 Å². The van der Waals surface area contributed by atoms with Gasteiger partial charge in [0.05, 0.1) is 16.0 Å². The predicted molar refractivity (Wildman–Crippen MR) is 84.0 cm³/mol. The summed E-state index contributed by atoms with van der Waals surface area (Å²) in [5.74, 6) is 1.27. The van der Waals surface area contributed by atoms with Crippen LogP contribution in [-0.2, 0) is 0 Å². The summed E-state index contributed by atoms with van der Waals surface area (Å²) in [5.41, 5.74) is 7.26. The van der Waals surface area contributed by atoms with Crippen molar-refractivity contribution in [2.45, 2.75) is 12.8 Å². The van der Waals surface area contributed by atoms with Gasteiger partial charge in [0.15, 0.2) is 0 Å². The second-order valence-electron chi connectivity index (χ2n) is 5.21. The number of halogens is 1. The number of rotatable bonds is 3. The molecule has 0 saturated carbocycles. The number of fused-ring (bicyclic) bond motifs is 1. The molecular weight excluding hydrogens is 294 g/mol. The Morgan fingerprint density at radius 3 is 3.05 bits per heavy atom. The van der Waals surface area contributed by atoms with Crippen LogP contribution in [0.4, 0.5) is 11.6 Å². The summed E-state index contributed by atoms with van der Waals surface area (Å²) >= 11 is 0. The first-order valence-corrected chi connectivity index (χ1v) is 6.76. The zero-order chi connectivity index (χ0) is 14.1. The molecule has 1 fully saturated rings. The van der Waals surface area contributed by atoms with Crippen LogP contribution in [0.1, 0.15) is 12.8 Å². The van der Waals surface area contributed by atoms with E-state index < -0.39 is 4.92 Å². The Labute approximate surface area is 128 Å². The Kier molecular flexibility index (Phi) is 4.64. The topological polar surface area (TPSA) is 101 Å². The summed E-state index contributed by atoms with van der Waals surface area (Å²) in [6, 6.07) is 4.68. The lowest BCUT2D eigenvalue weighted by Crippen LogP contribution is -2.38. The van der Waals surface area contributed by atoms with Crippen LogP contribution in [-0.4, -0.2) is 34.5 Å². The molecule has 0 spiro atoms. The van der Waals surface area contributed by atoms with E-state index in [2.05, 4.69) is 14.9 Å². The lowest BCUT2D eigenvalue weighted by molar-refractivity contribution is -0.384. The van der Waals surface area contributed by atoms with E-state index in [0.29, 0.717) is 18.0 Å². The molecule has 1 atom stereocenters. The number of aromatic nitrogens is 2. The van der Waals surface area contributed by atoms with Crippen LogP contribution < -0.4 is 10.6 Å². The zero-order valence-electron chi connectivity index (χ0n) is 11.5. The van der Waals surface area contributed by atoms with Crippen LogP contribution in [0.2, 0.25) is 0 Å². The van der Waals surface area contributed by atoms with Crippen molar-refractivity contribution in [1.29, 1.82) is 0 Å². The van der Waals surface area contributed by atoms with Gasteiger partial charge < -0.3 is 15.6 Å². The molecule has 2 heterocycles. The maximum Gasteiger partial charge on any atom is 0.271 e. The van der Waals surface area contributed by atoms with Gasteiger partial charge in [-0.3, -0.25) is 10.1 Å². The molecule has 7 nitrogen and oxygen atoms in total. The molecule has 2 aromatic rings. The predicted octanol–water partition coefficient (Wildman–Crippen LogP) is 2.07. The lowest BCUT2D eigenvalue weighted by Gasteiger charge is -2.31. The van der Waals surface area contributed by atoms with E-state index >= 15 is 0 Å². The van der Waals surface area contributed by atoms with E-state index in [1.807, 2.05) is 0 Å². The normalized spacial score (nSPS) is 18.5. The molecule has 3 rings (SSSR count). The maximum absolute atomic E-state index is 10.8. The third kappa shape index (κ3) is 3.08. The van der Waals surface area contributed by atoms with Crippen LogP contribution in [0.25, 0.3) is 11.0 Å². The Hall–Kier alpha value is -1.86. The van der Waals surface area contributed by atoms with Gasteiger partial charge in [0.1, 0.15) is 0 Å². The summed E-state index contributed by atoms with van der Waals surface area (Å²) in [7, 11) is 0. The van der Waals surface area contributed by atoms with Crippen LogP contribution in [0.3, 0.4) is 0 Å². The summed E-state index contributed by atoms with van der Waals surface area (Å²) in [6.45, 7) is 2.51. The highest BCUT2D eigenvalue weighted by atomic mass is 35.5. The number of aromatic amines is 1. The van der Waals surface area contributed by atoms with E-state index in [4.69, 9.17) is 5.73 Å². The van der Waals surface area contributed by atoms with E-state index in [1.54, 1.807) is 6.07 Å². The summed E-state index contributed by atoms with van der Waals surface area (Å²) in [6.07, 6.45) is 2.25. The highest BCUT2D eigenvalue weighted by molar-refractivity contribution is 5.85. The van der Waals surface area contributed by atoms with Crippen molar-refractivity contribution < 1.29 is 4.92 Å². The average Bonchev–Trinajstić information content (AvgIpc) is 2.90. The third-order valence-electron chi connectivity index (χ3n) is 3.82. The molecule has 1 aromatic heterocycles. The largest absolute Gasteiger partial charge is 0.342 e. The van der Waals surface area contributed by atoms with Crippen molar-refractivity contribution in [2.75, 3.05) is 24.5 Å². The number of non-ortho nitro benzene ring substituents is 1. The number of nitro benzene ring substituents is 1. The van der Waals surface area contributed by atoms with Gasteiger partial charge in [0.25, 0.3) is 5.69 Å². The smallest absolute Gasteiger partial charge is 0.271 e. The molecule has 3 N–H and O–H groups in total. The second kappa shape index (κ2) is 6.28. The van der Waals surface area contributed by atoms with Gasteiger partial charge in [0.2, 0.25) is 5.95 Å². The molecule has 1 saturated heterocycles. The average molecular weight is 312 g/mol. The molecule has 0 bridgehead atoms. The molecule has 21 heavy (non-hydrogen) atoms. The number of nitrogens with zero attached hydrogens (tertiary/aromatic N) is 3. The Morgan fingerprint density at radius 1 is 1.52 bits per heavy atom. The van der Waals surface area contributed by atoms with E-state index in [1.165, 1.54) is 12.1 Å². The number of nitro groups is 1. The van der Waals surface area contributed by atoms with E-state index in [0.717, 1.165) is 37.4 Å². The van der Waals surface area contributed by atoms with E-state index in [-0.39, 0.29) is 18.1 Å². The SMILES string of the molecule is Cl.NCC1CCCN(c2nc3ccc([N+](=O)[O-])cc3[nH]2)C1. The summed E-state index contributed by atoms with van der Waals surface area (Å²) in [4.78, 5) is 20.2. The van der Waals surface area contributed by atoms with Crippen molar-refractivity contribution in [3.05, 3.63) is 28.3 Å². The molecule has 1 aliphatic heterocycles. The minimum atomic E-state index is -0.398. The number of nitrogens with two attached hydrogens (primary N) is 1. The first-order chi connectivity index (χ1) is 9.67. The minimum absolute atomic E-state index is 0. The first-order valence-electron chi connectivity index (χ1n) is 6.76. The number of nitrogens with one attached hydrogen (secondary N) is 1. The van der Waals surface area contributed by atoms with Crippen molar-refractivity contribution in [2.24, 2.45) is 11.7 Å².